The van der Waals surface area contributed by atoms with E-state index in [1.807, 2.05) is 39.8 Å². The molecule has 1 aromatic carbocycles. The van der Waals surface area contributed by atoms with Gasteiger partial charge >= 0.3 is 5.76 Å². The van der Waals surface area contributed by atoms with E-state index in [0.29, 0.717) is 29.9 Å². The van der Waals surface area contributed by atoms with Crippen LogP contribution in [0, 0.1) is 5.41 Å². The Kier molecular flexibility index (Phi) is 5.15. The zero-order valence-corrected chi connectivity index (χ0v) is 14.9. The Hall–Kier alpha value is -2.12. The van der Waals surface area contributed by atoms with Gasteiger partial charge in [0.05, 0.1) is 11.6 Å². The van der Waals surface area contributed by atoms with E-state index in [9.17, 15) is 9.59 Å². The van der Waals surface area contributed by atoms with Crippen molar-refractivity contribution in [1.82, 2.24) is 9.47 Å². The van der Waals surface area contributed by atoms with Gasteiger partial charge in [0, 0.05) is 18.8 Å². The summed E-state index contributed by atoms with van der Waals surface area (Å²) in [5.41, 5.74) is 7.39. The second-order valence-corrected chi connectivity index (χ2v) is 7.34. The summed E-state index contributed by atoms with van der Waals surface area (Å²) in [5.74, 6) is -0.658. The lowest BCUT2D eigenvalue weighted by atomic mass is 9.87. The van der Waals surface area contributed by atoms with E-state index < -0.39 is 11.8 Å². The molecule has 7 nitrogen and oxygen atoms in total. The molecular formula is C17H26N4O3. The number of amides is 1. The number of nitrogens with zero attached hydrogens (tertiary/aromatic N) is 2. The van der Waals surface area contributed by atoms with Crippen molar-refractivity contribution in [2.45, 2.75) is 33.4 Å². The van der Waals surface area contributed by atoms with Crippen LogP contribution in [-0.2, 0) is 11.3 Å². The fraction of sp³-hybridized carbons (Fsp3) is 0.529. The number of carbonyl (C=O) groups excluding carboxylic acids is 1. The molecule has 24 heavy (non-hydrogen) atoms. The molecule has 132 valence electrons. The predicted molar refractivity (Wildman–Crippen MR) is 95.1 cm³/mol. The quantitative estimate of drug-likeness (QED) is 0.863. The van der Waals surface area contributed by atoms with Crippen LogP contribution in [0.3, 0.4) is 0 Å². The highest BCUT2D eigenvalue weighted by molar-refractivity contribution is 5.96. The van der Waals surface area contributed by atoms with Gasteiger partial charge in [0.2, 0.25) is 5.91 Å². The van der Waals surface area contributed by atoms with Crippen LogP contribution in [0.1, 0.15) is 20.8 Å². The van der Waals surface area contributed by atoms with Gasteiger partial charge in [-0.25, -0.2) is 4.79 Å². The standard InChI is InChI=1S/C17H26N4O3/c1-17(2,3)14(18)15(22)19-11-6-7-13-12(10-11)21(16(23)24-13)9-8-20(4)5/h6-7,10,14H,8-9,18H2,1-5H3,(H,19,22)/t14-/m1/s1. The number of carbonyl (C=O) groups is 1. The number of nitrogens with two attached hydrogens (primary N) is 1. The van der Waals surface area contributed by atoms with Crippen LogP contribution >= 0.6 is 0 Å². The zero-order chi connectivity index (χ0) is 18.1. The van der Waals surface area contributed by atoms with Crippen molar-refractivity contribution >= 4 is 22.7 Å². The zero-order valence-electron chi connectivity index (χ0n) is 14.9. The maximum absolute atomic E-state index is 12.3. The molecule has 0 aliphatic rings. The van der Waals surface area contributed by atoms with Gasteiger partial charge < -0.3 is 20.4 Å². The maximum atomic E-state index is 12.3. The first-order valence-electron chi connectivity index (χ1n) is 7.94. The first-order chi connectivity index (χ1) is 11.1. The Bertz CT molecular complexity index is 783. The Morgan fingerprint density at radius 2 is 2.04 bits per heavy atom. The molecular weight excluding hydrogens is 308 g/mol. The average molecular weight is 334 g/mol. The number of hydrogen-bond acceptors (Lipinski definition) is 5. The molecule has 0 saturated heterocycles. The van der Waals surface area contributed by atoms with E-state index in [-0.39, 0.29) is 11.3 Å². The summed E-state index contributed by atoms with van der Waals surface area (Å²) in [4.78, 5) is 26.2. The highest BCUT2D eigenvalue weighted by Crippen LogP contribution is 2.21. The molecule has 0 aliphatic heterocycles. The SMILES string of the molecule is CN(C)CCn1c(=O)oc2ccc(NC(=O)[C@@H](N)C(C)(C)C)cc21. The maximum Gasteiger partial charge on any atom is 0.419 e. The number of oxazole rings is 1. The van der Waals surface area contributed by atoms with Crippen LogP contribution in [0.2, 0.25) is 0 Å². The van der Waals surface area contributed by atoms with Crippen molar-refractivity contribution < 1.29 is 9.21 Å². The molecule has 2 rings (SSSR count). The van der Waals surface area contributed by atoms with Gasteiger partial charge in [-0.15, -0.1) is 0 Å². The molecule has 1 heterocycles. The smallest absolute Gasteiger partial charge is 0.408 e. The van der Waals surface area contributed by atoms with Crippen molar-refractivity contribution in [1.29, 1.82) is 0 Å². The first kappa shape index (κ1) is 18.2. The third-order valence-electron chi connectivity index (χ3n) is 3.92. The second-order valence-electron chi connectivity index (χ2n) is 7.34. The van der Waals surface area contributed by atoms with Crippen LogP contribution in [-0.4, -0.2) is 42.1 Å². The number of likely N-dealkylation sites (N-methyl/N-ethyl adjacent to an activating group) is 1. The van der Waals surface area contributed by atoms with Crippen LogP contribution in [0.15, 0.2) is 27.4 Å². The van der Waals surface area contributed by atoms with E-state index in [4.69, 9.17) is 10.2 Å². The number of aromatic nitrogens is 1. The molecule has 1 atom stereocenters. The molecule has 0 radical (unpaired) electrons. The summed E-state index contributed by atoms with van der Waals surface area (Å²) >= 11 is 0. The lowest BCUT2D eigenvalue weighted by molar-refractivity contribution is -0.119. The summed E-state index contributed by atoms with van der Waals surface area (Å²) in [7, 11) is 3.87. The Labute approximate surface area is 141 Å². The number of anilines is 1. The molecule has 3 N–H and O–H groups in total. The Morgan fingerprint density at radius 3 is 2.62 bits per heavy atom. The third kappa shape index (κ3) is 4.04. The van der Waals surface area contributed by atoms with E-state index in [1.165, 1.54) is 0 Å². The molecule has 1 amide bonds. The van der Waals surface area contributed by atoms with Crippen LogP contribution in [0.4, 0.5) is 5.69 Å². The topological polar surface area (TPSA) is 93.5 Å². The van der Waals surface area contributed by atoms with Crippen molar-refractivity contribution in [3.8, 4) is 0 Å². The summed E-state index contributed by atoms with van der Waals surface area (Å²) < 4.78 is 6.81. The predicted octanol–water partition coefficient (Wildman–Crippen LogP) is 1.47. The van der Waals surface area contributed by atoms with Crippen LogP contribution in [0.5, 0.6) is 0 Å². The van der Waals surface area contributed by atoms with Gasteiger partial charge in [-0.2, -0.15) is 0 Å². The van der Waals surface area contributed by atoms with Crippen molar-refractivity contribution in [2.75, 3.05) is 26.0 Å². The lowest BCUT2D eigenvalue weighted by Gasteiger charge is -2.25. The van der Waals surface area contributed by atoms with Crippen molar-refractivity contribution in [3.05, 3.63) is 28.7 Å². The molecule has 7 heteroatoms. The molecule has 0 unspecified atom stereocenters. The molecule has 0 saturated carbocycles. The highest BCUT2D eigenvalue weighted by Gasteiger charge is 2.27. The van der Waals surface area contributed by atoms with Crippen molar-refractivity contribution in [2.24, 2.45) is 11.1 Å². The average Bonchev–Trinajstić information content (AvgIpc) is 2.78. The molecule has 1 aromatic heterocycles. The van der Waals surface area contributed by atoms with Gasteiger partial charge in [0.1, 0.15) is 0 Å². The summed E-state index contributed by atoms with van der Waals surface area (Å²) in [6, 6.07) is 4.49. The molecule has 0 fully saturated rings. The van der Waals surface area contributed by atoms with Crippen molar-refractivity contribution in [3.63, 3.8) is 0 Å². The summed E-state index contributed by atoms with van der Waals surface area (Å²) in [5, 5.41) is 2.81. The minimum atomic E-state index is -0.631. The van der Waals surface area contributed by atoms with Crippen LogP contribution in [0.25, 0.3) is 11.1 Å². The minimum Gasteiger partial charge on any atom is -0.408 e. The van der Waals surface area contributed by atoms with Gasteiger partial charge in [0.25, 0.3) is 0 Å². The monoisotopic (exact) mass is 334 g/mol. The molecule has 0 aliphatic carbocycles. The summed E-state index contributed by atoms with van der Waals surface area (Å²) in [6.07, 6.45) is 0. The normalized spacial score (nSPS) is 13.5. The van der Waals surface area contributed by atoms with E-state index in [0.717, 1.165) is 0 Å². The number of fused-ring (bicyclic) bond motifs is 1. The fourth-order valence-corrected chi connectivity index (χ4v) is 2.26. The summed E-state index contributed by atoms with van der Waals surface area (Å²) in [6.45, 7) is 6.96. The van der Waals surface area contributed by atoms with Gasteiger partial charge in [-0.3, -0.25) is 9.36 Å². The first-order valence-corrected chi connectivity index (χ1v) is 7.94. The third-order valence-corrected chi connectivity index (χ3v) is 3.92. The highest BCUT2D eigenvalue weighted by atomic mass is 16.4. The Balaban J connectivity index is 2.28. The minimum absolute atomic E-state index is 0.257. The second kappa shape index (κ2) is 6.78. The van der Waals surface area contributed by atoms with E-state index >= 15 is 0 Å². The number of benzene rings is 1. The number of nitrogens with one attached hydrogen (secondary N) is 1. The molecule has 0 bridgehead atoms. The van der Waals surface area contributed by atoms with E-state index in [1.54, 1.807) is 22.8 Å². The number of hydrogen-bond donors (Lipinski definition) is 2. The Morgan fingerprint density at radius 1 is 1.38 bits per heavy atom. The van der Waals surface area contributed by atoms with Gasteiger partial charge in [-0.05, 0) is 37.7 Å². The molecule has 0 spiro atoms. The van der Waals surface area contributed by atoms with Gasteiger partial charge in [-0.1, -0.05) is 20.8 Å². The lowest BCUT2D eigenvalue weighted by Crippen LogP contribution is -2.45. The number of rotatable bonds is 5. The van der Waals surface area contributed by atoms with Crippen LogP contribution < -0.4 is 16.8 Å². The fourth-order valence-electron chi connectivity index (χ4n) is 2.26. The van der Waals surface area contributed by atoms with Gasteiger partial charge in [0.15, 0.2) is 5.58 Å². The van der Waals surface area contributed by atoms with E-state index in [2.05, 4.69) is 5.32 Å². The largest absolute Gasteiger partial charge is 0.419 e. The molecule has 2 aromatic rings.